The van der Waals surface area contributed by atoms with Crippen molar-refractivity contribution in [2.24, 2.45) is 28.6 Å². The van der Waals surface area contributed by atoms with Gasteiger partial charge in [-0.3, -0.25) is 4.79 Å². The molecule has 9 nitrogen and oxygen atoms in total. The Bertz CT molecular complexity index is 1760. The molecule has 0 amide bonds. The zero-order valence-corrected chi connectivity index (χ0v) is 26.3. The largest absolute Gasteiger partial charge is 0.445 e. The van der Waals surface area contributed by atoms with Crippen LogP contribution in [0.3, 0.4) is 0 Å². The number of fused-ring (bicyclic) bond motifs is 6. The molecule has 3 saturated carbocycles. The third-order valence-corrected chi connectivity index (χ3v) is 12.2. The third kappa shape index (κ3) is 4.43. The molecule has 4 aliphatic rings. The quantitative estimate of drug-likeness (QED) is 0.346. The molecular formula is C34H35FN4O5S. The fourth-order valence-corrected chi connectivity index (χ4v) is 10.2. The molecular weight excluding hydrogens is 595 g/mol. The summed E-state index contributed by atoms with van der Waals surface area (Å²) in [5.41, 5.74) is 1.43. The smallest absolute Gasteiger partial charge is 0.361 e. The first-order chi connectivity index (χ1) is 21.5. The number of hydrogen-bond donors (Lipinski definition) is 1. The SMILES string of the molecule is Cc1cc(C(=O)O[C@]2(C(=O)SCC#N)CC[C@H]3[C@@H]4CCC5=Cc6c(cnn6-c6ccc(F)cc6)C[C@]5(C)[C@H]4[C@@H](O)C[C@@]32C)no1. The van der Waals surface area contributed by atoms with E-state index in [4.69, 9.17) is 9.26 Å². The van der Waals surface area contributed by atoms with Gasteiger partial charge in [0.25, 0.3) is 0 Å². The van der Waals surface area contributed by atoms with Gasteiger partial charge in [0.05, 0.1) is 35.5 Å². The van der Waals surface area contributed by atoms with E-state index >= 15 is 0 Å². The number of aliphatic hydroxyl groups is 1. The molecule has 0 unspecified atom stereocenters. The van der Waals surface area contributed by atoms with E-state index in [2.05, 4.69) is 23.3 Å². The molecule has 4 aliphatic carbocycles. The number of aliphatic hydroxyl groups excluding tert-OH is 1. The van der Waals surface area contributed by atoms with Gasteiger partial charge in [-0.2, -0.15) is 10.4 Å². The predicted octanol–water partition coefficient (Wildman–Crippen LogP) is 5.84. The number of carbonyl (C=O) groups is 2. The summed E-state index contributed by atoms with van der Waals surface area (Å²) in [7, 11) is 0. The minimum atomic E-state index is -1.51. The molecule has 45 heavy (non-hydrogen) atoms. The maximum atomic E-state index is 14.0. The molecule has 1 aromatic carbocycles. The number of aryl methyl sites for hydroxylation is 1. The lowest BCUT2D eigenvalue weighted by Gasteiger charge is -2.60. The Labute approximate surface area is 264 Å². The van der Waals surface area contributed by atoms with Crippen molar-refractivity contribution < 1.29 is 28.3 Å². The van der Waals surface area contributed by atoms with Crippen LogP contribution >= 0.6 is 11.8 Å². The van der Waals surface area contributed by atoms with E-state index in [1.807, 2.05) is 23.9 Å². The highest BCUT2D eigenvalue weighted by Gasteiger charge is 2.70. The van der Waals surface area contributed by atoms with Crippen molar-refractivity contribution in [1.82, 2.24) is 14.9 Å². The molecule has 2 aromatic heterocycles. The number of halogens is 1. The van der Waals surface area contributed by atoms with E-state index in [0.717, 1.165) is 41.5 Å². The summed E-state index contributed by atoms with van der Waals surface area (Å²) in [6.07, 6.45) is 6.95. The standard InChI is InChI=1S/C34H35FN4O5S/c1-19-14-26(38-44-19)30(41)43-34(31(42)45-13-12-36)11-10-25-24-9-4-21-15-27-20(18-37-39(27)23-7-5-22(35)6-8-23)16-32(21,2)29(24)28(40)17-33(25,34)3/h5-8,14-15,18,24-25,28-29,40H,4,9-11,13,16-17H2,1-3H3/t24-,25-,28-,29+,32-,33-,34-/m0/s1. The van der Waals surface area contributed by atoms with Crippen LogP contribution in [0, 0.1) is 52.7 Å². The summed E-state index contributed by atoms with van der Waals surface area (Å²) < 4.78 is 26.7. The maximum absolute atomic E-state index is 14.0. The monoisotopic (exact) mass is 630 g/mol. The van der Waals surface area contributed by atoms with Crippen molar-refractivity contribution in [3.05, 3.63) is 70.6 Å². The van der Waals surface area contributed by atoms with Crippen LogP contribution in [0.5, 0.6) is 0 Å². The first kappa shape index (κ1) is 29.9. The van der Waals surface area contributed by atoms with Gasteiger partial charge >= 0.3 is 5.97 Å². The molecule has 7 rings (SSSR count). The Hall–Kier alpha value is -3.75. The molecule has 3 aromatic rings. The normalized spacial score (nSPS) is 33.2. The number of ether oxygens (including phenoxy) is 1. The summed E-state index contributed by atoms with van der Waals surface area (Å²) in [6, 6.07) is 9.80. The highest BCUT2D eigenvalue weighted by atomic mass is 32.2. The lowest BCUT2D eigenvalue weighted by Crippen LogP contribution is -2.62. The highest BCUT2D eigenvalue weighted by molar-refractivity contribution is 8.14. The lowest BCUT2D eigenvalue weighted by atomic mass is 9.45. The molecule has 0 radical (unpaired) electrons. The number of nitrogens with zero attached hydrogens (tertiary/aromatic N) is 4. The zero-order chi connectivity index (χ0) is 31.7. The Kier molecular flexibility index (Phi) is 7.09. The van der Waals surface area contributed by atoms with Gasteiger partial charge in [0.1, 0.15) is 11.6 Å². The second-order valence-corrected chi connectivity index (χ2v) is 14.5. The fourth-order valence-electron chi connectivity index (χ4n) is 9.39. The minimum Gasteiger partial charge on any atom is -0.445 e. The van der Waals surface area contributed by atoms with Crippen molar-refractivity contribution >= 4 is 28.9 Å². The van der Waals surface area contributed by atoms with Gasteiger partial charge in [-0.25, -0.2) is 13.9 Å². The van der Waals surface area contributed by atoms with Crippen molar-refractivity contribution in [1.29, 1.82) is 5.26 Å². The van der Waals surface area contributed by atoms with Crippen LogP contribution in [-0.4, -0.2) is 48.6 Å². The van der Waals surface area contributed by atoms with Crippen molar-refractivity contribution in [3.8, 4) is 11.8 Å². The van der Waals surface area contributed by atoms with Crippen LogP contribution in [0.25, 0.3) is 11.8 Å². The van der Waals surface area contributed by atoms with Crippen LogP contribution in [0.2, 0.25) is 0 Å². The van der Waals surface area contributed by atoms with Gasteiger partial charge in [0.2, 0.25) is 5.12 Å². The summed E-state index contributed by atoms with van der Waals surface area (Å²) in [4.78, 5) is 27.3. The van der Waals surface area contributed by atoms with Gasteiger partial charge in [0, 0.05) is 11.5 Å². The van der Waals surface area contributed by atoms with E-state index < -0.39 is 23.1 Å². The number of benzene rings is 1. The number of carbonyl (C=O) groups excluding carboxylic acids is 2. The van der Waals surface area contributed by atoms with Crippen molar-refractivity contribution in [3.63, 3.8) is 0 Å². The number of nitriles is 1. The average molecular weight is 631 g/mol. The maximum Gasteiger partial charge on any atom is 0.361 e. The Balaban J connectivity index is 1.23. The summed E-state index contributed by atoms with van der Waals surface area (Å²) in [5.74, 6) is -0.599. The van der Waals surface area contributed by atoms with Crippen LogP contribution in [0.1, 0.15) is 73.5 Å². The highest BCUT2D eigenvalue weighted by Crippen LogP contribution is 2.69. The van der Waals surface area contributed by atoms with E-state index in [0.29, 0.717) is 25.0 Å². The number of aromatic nitrogens is 3. The molecule has 11 heteroatoms. The number of rotatable bonds is 5. The van der Waals surface area contributed by atoms with E-state index in [9.17, 15) is 24.3 Å². The first-order valence-electron chi connectivity index (χ1n) is 15.4. The molecule has 234 valence electrons. The molecule has 0 saturated heterocycles. The van der Waals surface area contributed by atoms with Crippen LogP contribution in [0.15, 0.2) is 46.6 Å². The van der Waals surface area contributed by atoms with Crippen molar-refractivity contribution in [2.45, 2.75) is 71.0 Å². The minimum absolute atomic E-state index is 0.00890. The van der Waals surface area contributed by atoms with Gasteiger partial charge in [0.15, 0.2) is 11.3 Å². The van der Waals surface area contributed by atoms with E-state index in [-0.39, 0.29) is 52.0 Å². The molecule has 0 bridgehead atoms. The molecule has 3 fully saturated rings. The zero-order valence-electron chi connectivity index (χ0n) is 25.5. The number of hydrogen-bond acceptors (Lipinski definition) is 9. The second-order valence-electron chi connectivity index (χ2n) is 13.5. The molecule has 0 aliphatic heterocycles. The van der Waals surface area contributed by atoms with Crippen LogP contribution in [-0.2, 0) is 16.0 Å². The average Bonchev–Trinajstić information content (AvgIpc) is 3.70. The predicted molar refractivity (Wildman–Crippen MR) is 163 cm³/mol. The topological polar surface area (TPSA) is 131 Å². The Morgan fingerprint density at radius 1 is 1.27 bits per heavy atom. The first-order valence-corrected chi connectivity index (χ1v) is 16.4. The van der Waals surface area contributed by atoms with Gasteiger partial charge in [-0.1, -0.05) is 36.3 Å². The second kappa shape index (κ2) is 10.7. The Morgan fingerprint density at radius 3 is 2.76 bits per heavy atom. The van der Waals surface area contributed by atoms with Gasteiger partial charge in [-0.05, 0) is 105 Å². The summed E-state index contributed by atoms with van der Waals surface area (Å²) in [5, 5.41) is 29.5. The Morgan fingerprint density at radius 2 is 2.04 bits per heavy atom. The fraction of sp³-hybridized carbons (Fsp3) is 0.500. The summed E-state index contributed by atoms with van der Waals surface area (Å²) >= 11 is 0.869. The van der Waals surface area contributed by atoms with Crippen molar-refractivity contribution in [2.75, 3.05) is 5.75 Å². The third-order valence-electron chi connectivity index (χ3n) is 11.3. The number of allylic oxidation sites excluding steroid dienone is 1. The number of esters is 1. The number of thioether (sulfide) groups is 1. The van der Waals surface area contributed by atoms with E-state index in [1.54, 1.807) is 19.1 Å². The molecule has 0 spiro atoms. The molecule has 7 atom stereocenters. The summed E-state index contributed by atoms with van der Waals surface area (Å²) in [6.45, 7) is 5.89. The molecule has 1 N–H and O–H groups in total. The lowest BCUT2D eigenvalue weighted by molar-refractivity contribution is -0.174. The van der Waals surface area contributed by atoms with Crippen LogP contribution in [0.4, 0.5) is 4.39 Å². The van der Waals surface area contributed by atoms with Crippen LogP contribution < -0.4 is 0 Å². The van der Waals surface area contributed by atoms with Gasteiger partial charge in [-0.15, -0.1) is 0 Å². The van der Waals surface area contributed by atoms with Gasteiger partial charge < -0.3 is 14.4 Å². The van der Waals surface area contributed by atoms with E-state index in [1.165, 1.54) is 23.8 Å². The molecule has 2 heterocycles.